The van der Waals surface area contributed by atoms with Crippen molar-refractivity contribution in [1.29, 1.82) is 0 Å². The predicted octanol–water partition coefficient (Wildman–Crippen LogP) is 20.8. The molecule has 0 bridgehead atoms. The van der Waals surface area contributed by atoms with Crippen LogP contribution in [0.5, 0.6) is 40.2 Å². The summed E-state index contributed by atoms with van der Waals surface area (Å²) in [6.45, 7) is 23.4. The van der Waals surface area contributed by atoms with E-state index in [4.69, 9.17) is 28.4 Å². The smallest absolute Gasteiger partial charge is 0.270 e. The van der Waals surface area contributed by atoms with Gasteiger partial charge >= 0.3 is 0 Å². The van der Waals surface area contributed by atoms with Gasteiger partial charge in [0.15, 0.2) is 6.29 Å². The van der Waals surface area contributed by atoms with Gasteiger partial charge in [-0.1, -0.05) is 169 Å². The third-order valence-electron chi connectivity index (χ3n) is 19.4. The Hall–Kier alpha value is -8.14. The van der Waals surface area contributed by atoms with Crippen molar-refractivity contribution in [3.63, 3.8) is 0 Å². The van der Waals surface area contributed by atoms with E-state index in [0.717, 1.165) is 170 Å². The molecule has 530 valence electrons. The van der Waals surface area contributed by atoms with Gasteiger partial charge in [-0.15, -0.1) is 0 Å². The molecule has 4 unspecified atom stereocenters. The van der Waals surface area contributed by atoms with E-state index in [1.807, 2.05) is 36.4 Å². The Morgan fingerprint density at radius 2 is 0.714 bits per heavy atom. The normalized spacial score (nSPS) is 13.6. The third-order valence-corrected chi connectivity index (χ3v) is 19.4. The van der Waals surface area contributed by atoms with E-state index in [1.54, 1.807) is 48.5 Å². The van der Waals surface area contributed by atoms with E-state index in [9.17, 15) is 25.4 Å². The highest BCUT2D eigenvalue weighted by Crippen LogP contribution is 2.40. The molecule has 4 atom stereocenters. The topological polar surface area (TPSA) is 169 Å². The predicted molar refractivity (Wildman–Crippen MR) is 396 cm³/mol. The summed E-state index contributed by atoms with van der Waals surface area (Å²) in [7, 11) is 0. The second-order valence-electron chi connectivity index (χ2n) is 26.9. The lowest BCUT2D eigenvalue weighted by Gasteiger charge is -2.31. The van der Waals surface area contributed by atoms with Gasteiger partial charge in [0.1, 0.15) is 40.2 Å². The summed E-state index contributed by atoms with van der Waals surface area (Å²) in [5.41, 5.74) is 9.07. The summed E-state index contributed by atoms with van der Waals surface area (Å²) < 4.78 is 40.1. The maximum absolute atomic E-state index is 12.6. The molecule has 0 spiro atoms. The first-order chi connectivity index (χ1) is 47.7. The number of anilines is 3. The molecule has 7 aromatic carbocycles. The van der Waals surface area contributed by atoms with Crippen molar-refractivity contribution in [3.05, 3.63) is 195 Å². The van der Waals surface area contributed by atoms with Crippen LogP contribution in [0, 0.1) is 33.8 Å². The molecule has 15 heteroatoms. The molecule has 1 aliphatic rings. The molecule has 0 aromatic heterocycles. The van der Waals surface area contributed by atoms with Gasteiger partial charge in [0.2, 0.25) is 0 Å². The largest absolute Gasteiger partial charge is 0.508 e. The molecule has 0 saturated carbocycles. The summed E-state index contributed by atoms with van der Waals surface area (Å²) >= 11 is 0. The minimum atomic E-state index is -0.595. The van der Waals surface area contributed by atoms with E-state index in [0.29, 0.717) is 107 Å². The molecule has 1 heterocycles. The van der Waals surface area contributed by atoms with Gasteiger partial charge < -0.3 is 58.4 Å². The number of nitro benzene ring substituents is 1. The zero-order chi connectivity index (χ0) is 69.6. The quantitative estimate of drug-likeness (QED) is 0.0243. The van der Waals surface area contributed by atoms with Gasteiger partial charge in [-0.2, -0.15) is 0 Å². The van der Waals surface area contributed by atoms with Crippen molar-refractivity contribution in [2.75, 3.05) is 54.3 Å². The van der Waals surface area contributed by atoms with Crippen LogP contribution in [-0.4, -0.2) is 59.9 Å². The van der Waals surface area contributed by atoms with Crippen molar-refractivity contribution < 1.29 is 48.7 Å². The van der Waals surface area contributed by atoms with Crippen molar-refractivity contribution in [2.24, 2.45) is 23.7 Å². The lowest BCUT2D eigenvalue weighted by atomic mass is 10.0. The van der Waals surface area contributed by atoms with Gasteiger partial charge in [-0.25, -0.2) is 0 Å². The number of nitrogens with zero attached hydrogens (tertiary/aromatic N) is 4. The Kier molecular flexibility index (Phi) is 30.9. The Balaban J connectivity index is 1.28. The number of benzene rings is 7. The maximum atomic E-state index is 12.6. The molecule has 0 aliphatic carbocycles. The summed E-state index contributed by atoms with van der Waals surface area (Å²) in [5.74, 6) is 4.90. The fourth-order valence-corrected chi connectivity index (χ4v) is 12.8. The number of nitro groups is 1. The lowest BCUT2D eigenvalue weighted by Crippen LogP contribution is -2.26. The lowest BCUT2D eigenvalue weighted by molar-refractivity contribution is -0.384. The maximum Gasteiger partial charge on any atom is 0.270 e. The number of ether oxygens (including phenoxy) is 6. The Morgan fingerprint density at radius 3 is 1.04 bits per heavy atom. The van der Waals surface area contributed by atoms with Crippen molar-refractivity contribution >= 4 is 22.7 Å². The second kappa shape index (κ2) is 40.1. The van der Waals surface area contributed by atoms with E-state index in [-0.39, 0.29) is 34.4 Å². The molecule has 0 radical (unpaired) electrons. The van der Waals surface area contributed by atoms with Crippen molar-refractivity contribution in [3.8, 4) is 40.2 Å². The zero-order valence-electron chi connectivity index (χ0n) is 59.9. The molecule has 1 fully saturated rings. The fraction of sp³-hybridized carbons (Fsp3) is 0.494. The molecule has 98 heavy (non-hydrogen) atoms. The molecule has 1 saturated heterocycles. The number of non-ortho nitro benzene ring substituents is 1. The van der Waals surface area contributed by atoms with Crippen molar-refractivity contribution in [2.45, 2.75) is 204 Å². The van der Waals surface area contributed by atoms with Crippen LogP contribution in [0.15, 0.2) is 146 Å². The monoisotopic (exact) mass is 1340 g/mol. The van der Waals surface area contributed by atoms with E-state index in [1.165, 1.54) is 6.07 Å². The molecule has 3 N–H and O–H groups in total. The SMILES string of the molecule is CCCCC(CC)COc1ccc(N(Cc2ccc(O)cc2)Cc2cc([N+](=O)[O-])ccc2OCC(CC)CCCC)cc1CN(Cc1ccc(O)cc1)c1ccc(OCC(CC)CCCC)c(CN(Cc2ccc(O)cc2)c2ccc(OCC(CC)CCCC)c(C3OCCO3)c2)c1. The van der Waals surface area contributed by atoms with Crippen LogP contribution in [-0.2, 0) is 48.7 Å². The van der Waals surface area contributed by atoms with Crippen LogP contribution in [0.2, 0.25) is 0 Å². The van der Waals surface area contributed by atoms with E-state index < -0.39 is 6.29 Å². The van der Waals surface area contributed by atoms with Crippen LogP contribution in [0.25, 0.3) is 0 Å². The number of hydrogen-bond donors (Lipinski definition) is 3. The van der Waals surface area contributed by atoms with Crippen LogP contribution in [0.3, 0.4) is 0 Å². The third kappa shape index (κ3) is 23.2. The van der Waals surface area contributed by atoms with E-state index in [2.05, 4.69) is 125 Å². The molecule has 15 nitrogen and oxygen atoms in total. The van der Waals surface area contributed by atoms with Gasteiger partial charge in [0, 0.05) is 85.2 Å². The average Bonchev–Trinajstić information content (AvgIpc) is 0.927. The molecular weight excluding hydrogens is 1230 g/mol. The highest BCUT2D eigenvalue weighted by atomic mass is 16.7. The summed E-state index contributed by atoms with van der Waals surface area (Å²) in [6, 6.07) is 46.2. The standard InChI is InChI=1S/C83H112N4O11/c1-9-17-21-61(13-5)57-95-79-41-32-72(85(52-66-27-37-76(89)38-28-66)56-70-49-74(87(91)92)34-43-81(70)97-59-63(15-7)23-19-11-3)47-68(79)54-84(51-65-25-35-75(88)36-26-65)71-31-42-80(96-58-62(14-6)22-18-10-2)69(48-71)55-86(53-67-29-39-77(90)40-30-67)73-33-44-82(78(50-73)83-93-45-46-94-83)98-60-64(16-8)24-20-12-4/h25-44,47-50,61-64,83,88-90H,9-24,45-46,51-60H2,1-8H3. The second-order valence-corrected chi connectivity index (χ2v) is 26.9. The number of phenolic OH excluding ortho intramolecular Hbond substituents is 3. The number of phenols is 3. The number of unbranched alkanes of at least 4 members (excludes halogenated alkanes) is 4. The summed E-state index contributed by atoms with van der Waals surface area (Å²) in [4.78, 5) is 19.2. The van der Waals surface area contributed by atoms with Crippen LogP contribution in [0.4, 0.5) is 22.7 Å². The molecule has 7 aromatic rings. The van der Waals surface area contributed by atoms with Crippen LogP contribution >= 0.6 is 0 Å². The first-order valence-corrected chi connectivity index (χ1v) is 36.7. The van der Waals surface area contributed by atoms with Gasteiger partial charge in [0.05, 0.1) is 50.1 Å². The first kappa shape index (κ1) is 75.6. The summed E-state index contributed by atoms with van der Waals surface area (Å²) in [6.07, 6.45) is 16.5. The Bertz CT molecular complexity index is 3470. The number of hydrogen-bond acceptors (Lipinski definition) is 14. The highest BCUT2D eigenvalue weighted by Gasteiger charge is 2.27. The van der Waals surface area contributed by atoms with Gasteiger partial charge in [-0.3, -0.25) is 10.1 Å². The first-order valence-electron chi connectivity index (χ1n) is 36.7. The minimum Gasteiger partial charge on any atom is -0.508 e. The summed E-state index contributed by atoms with van der Waals surface area (Å²) in [5, 5.41) is 44.3. The number of aromatic hydroxyl groups is 3. The van der Waals surface area contributed by atoms with Crippen molar-refractivity contribution in [1.82, 2.24) is 0 Å². The van der Waals surface area contributed by atoms with Crippen LogP contribution < -0.4 is 33.6 Å². The van der Waals surface area contributed by atoms with Crippen LogP contribution in [0.1, 0.15) is 203 Å². The Morgan fingerprint density at radius 1 is 0.408 bits per heavy atom. The molecule has 8 rings (SSSR count). The molecular formula is C83H112N4O11. The van der Waals surface area contributed by atoms with Gasteiger partial charge in [-0.05, 0) is 163 Å². The zero-order valence-corrected chi connectivity index (χ0v) is 59.9. The average molecular weight is 1340 g/mol. The van der Waals surface area contributed by atoms with Gasteiger partial charge in [0.25, 0.3) is 5.69 Å². The minimum absolute atomic E-state index is 0.0159. The molecule has 0 amide bonds. The molecule has 1 aliphatic heterocycles. The van der Waals surface area contributed by atoms with E-state index >= 15 is 0 Å². The highest BCUT2D eigenvalue weighted by molar-refractivity contribution is 5.61. The Labute approximate surface area is 585 Å². The fourth-order valence-electron chi connectivity index (χ4n) is 12.8. The number of rotatable bonds is 45.